The first-order valence-electron chi connectivity index (χ1n) is 4.94. The fourth-order valence-corrected chi connectivity index (χ4v) is 1.74. The second-order valence-electron chi connectivity index (χ2n) is 3.92. The Hall–Kier alpha value is -1.64. The zero-order valence-corrected chi connectivity index (χ0v) is 8.79. The van der Waals surface area contributed by atoms with Gasteiger partial charge in [0.05, 0.1) is 0 Å². The first-order chi connectivity index (χ1) is 7.11. The molecule has 1 aromatic carbocycles. The molecule has 0 aliphatic rings. The largest absolute Gasteiger partial charge is 0.383 e. The third kappa shape index (κ3) is 1.54. The summed E-state index contributed by atoms with van der Waals surface area (Å²) in [4.78, 5) is 4.08. The summed E-state index contributed by atoms with van der Waals surface area (Å²) in [7, 11) is 0. The molecule has 15 heavy (non-hydrogen) atoms. The number of hydrogen-bond donors (Lipinski definition) is 1. The summed E-state index contributed by atoms with van der Waals surface area (Å²) >= 11 is 0. The van der Waals surface area contributed by atoms with E-state index in [4.69, 9.17) is 5.73 Å². The molecule has 1 heterocycles. The summed E-state index contributed by atoms with van der Waals surface area (Å²) < 4.78 is 13.7. The van der Waals surface area contributed by atoms with Gasteiger partial charge in [-0.1, -0.05) is 26.0 Å². The molecule has 0 aliphatic heterocycles. The molecule has 0 saturated carbocycles. The molecule has 2 nitrogen and oxygen atoms in total. The van der Waals surface area contributed by atoms with Crippen LogP contribution in [0.25, 0.3) is 10.8 Å². The zero-order chi connectivity index (χ0) is 11.0. The van der Waals surface area contributed by atoms with Gasteiger partial charge >= 0.3 is 0 Å². The van der Waals surface area contributed by atoms with Crippen molar-refractivity contribution in [1.29, 1.82) is 0 Å². The van der Waals surface area contributed by atoms with Crippen LogP contribution in [0.1, 0.15) is 25.3 Å². The normalized spacial score (nSPS) is 11.2. The highest BCUT2D eigenvalue weighted by atomic mass is 19.1. The second kappa shape index (κ2) is 3.50. The maximum atomic E-state index is 13.7. The number of pyridine rings is 1. The predicted molar refractivity (Wildman–Crippen MR) is 60.2 cm³/mol. The van der Waals surface area contributed by atoms with Gasteiger partial charge in [0, 0.05) is 17.0 Å². The molecule has 0 atom stereocenters. The van der Waals surface area contributed by atoms with Crippen LogP contribution in [0.3, 0.4) is 0 Å². The molecule has 78 valence electrons. The number of aromatic nitrogens is 1. The molecule has 2 N–H and O–H groups in total. The summed E-state index contributed by atoms with van der Waals surface area (Å²) in [5, 5.41) is 1.29. The minimum Gasteiger partial charge on any atom is -0.383 e. The van der Waals surface area contributed by atoms with Gasteiger partial charge in [0.15, 0.2) is 0 Å². The number of nitrogens with two attached hydrogens (primary N) is 1. The molecule has 0 fully saturated rings. The maximum absolute atomic E-state index is 13.7. The van der Waals surface area contributed by atoms with Crippen LogP contribution in [0.5, 0.6) is 0 Å². The number of nitrogens with zero attached hydrogens (tertiary/aromatic N) is 1. The zero-order valence-electron chi connectivity index (χ0n) is 8.79. The van der Waals surface area contributed by atoms with E-state index in [0.717, 1.165) is 5.56 Å². The Morgan fingerprint density at radius 3 is 2.73 bits per heavy atom. The van der Waals surface area contributed by atoms with E-state index in [2.05, 4.69) is 4.98 Å². The van der Waals surface area contributed by atoms with Gasteiger partial charge in [0.1, 0.15) is 11.6 Å². The van der Waals surface area contributed by atoms with Gasteiger partial charge in [-0.3, -0.25) is 0 Å². The lowest BCUT2D eigenvalue weighted by Gasteiger charge is -2.11. The molecule has 0 amide bonds. The molecular formula is C12H13FN2. The van der Waals surface area contributed by atoms with Gasteiger partial charge < -0.3 is 5.73 Å². The topological polar surface area (TPSA) is 38.9 Å². The molecule has 0 unspecified atom stereocenters. The van der Waals surface area contributed by atoms with E-state index in [1.165, 1.54) is 6.07 Å². The van der Waals surface area contributed by atoms with Gasteiger partial charge in [0.25, 0.3) is 0 Å². The Kier molecular flexibility index (Phi) is 2.31. The number of halogens is 1. The lowest BCUT2D eigenvalue weighted by Crippen LogP contribution is -1.98. The van der Waals surface area contributed by atoms with Gasteiger partial charge in [-0.05, 0) is 17.5 Å². The minimum atomic E-state index is -0.231. The SMILES string of the molecule is CC(C)c1cnc(N)c2cccc(F)c12. The van der Waals surface area contributed by atoms with E-state index in [9.17, 15) is 4.39 Å². The molecule has 3 heteroatoms. The Labute approximate surface area is 87.9 Å². The van der Waals surface area contributed by atoms with Crippen LogP contribution in [0.4, 0.5) is 10.2 Å². The van der Waals surface area contributed by atoms with Gasteiger partial charge in [-0.2, -0.15) is 0 Å². The molecule has 1 aromatic heterocycles. The van der Waals surface area contributed by atoms with Crippen LogP contribution in [0.15, 0.2) is 24.4 Å². The van der Waals surface area contributed by atoms with Crippen molar-refractivity contribution in [3.05, 3.63) is 35.8 Å². The molecule has 0 saturated heterocycles. The minimum absolute atomic E-state index is 0.231. The summed E-state index contributed by atoms with van der Waals surface area (Å²) in [6.07, 6.45) is 1.66. The van der Waals surface area contributed by atoms with E-state index in [1.807, 2.05) is 13.8 Å². The first kappa shape index (κ1) is 9.90. The summed E-state index contributed by atoms with van der Waals surface area (Å²) in [6.45, 7) is 4.03. The summed E-state index contributed by atoms with van der Waals surface area (Å²) in [5.41, 5.74) is 6.62. The molecular weight excluding hydrogens is 191 g/mol. The van der Waals surface area contributed by atoms with Crippen molar-refractivity contribution in [2.75, 3.05) is 5.73 Å². The maximum Gasteiger partial charge on any atom is 0.131 e. The summed E-state index contributed by atoms with van der Waals surface area (Å²) in [5.74, 6) is 0.386. The van der Waals surface area contributed by atoms with Crippen molar-refractivity contribution in [1.82, 2.24) is 4.98 Å². The van der Waals surface area contributed by atoms with Gasteiger partial charge in [-0.15, -0.1) is 0 Å². The Morgan fingerprint density at radius 2 is 2.07 bits per heavy atom. The molecule has 2 aromatic rings. The van der Waals surface area contributed by atoms with Crippen LogP contribution in [-0.2, 0) is 0 Å². The lowest BCUT2D eigenvalue weighted by molar-refractivity contribution is 0.637. The van der Waals surface area contributed by atoms with Crippen LogP contribution in [-0.4, -0.2) is 4.98 Å². The summed E-state index contributed by atoms with van der Waals surface area (Å²) in [6, 6.07) is 4.90. The Balaban J connectivity index is 2.90. The molecule has 0 spiro atoms. The van der Waals surface area contributed by atoms with E-state index >= 15 is 0 Å². The average Bonchev–Trinajstić information content (AvgIpc) is 2.19. The average molecular weight is 204 g/mol. The van der Waals surface area contributed by atoms with Crippen molar-refractivity contribution in [2.45, 2.75) is 19.8 Å². The van der Waals surface area contributed by atoms with Crippen LogP contribution in [0, 0.1) is 5.82 Å². The standard InChI is InChI=1S/C12H13FN2/c1-7(2)9-6-15-12(14)8-4-3-5-10(13)11(8)9/h3-7H,1-2H3,(H2,14,15). The Bertz CT molecular complexity index is 506. The van der Waals surface area contributed by atoms with Crippen molar-refractivity contribution in [2.24, 2.45) is 0 Å². The van der Waals surface area contributed by atoms with Crippen molar-refractivity contribution in [3.8, 4) is 0 Å². The highest BCUT2D eigenvalue weighted by Crippen LogP contribution is 2.29. The first-order valence-corrected chi connectivity index (χ1v) is 4.94. The quantitative estimate of drug-likeness (QED) is 0.775. The number of nitrogen functional groups attached to an aromatic ring is 1. The fraction of sp³-hybridized carbons (Fsp3) is 0.250. The third-order valence-electron chi connectivity index (χ3n) is 2.54. The lowest BCUT2D eigenvalue weighted by atomic mass is 9.98. The Morgan fingerprint density at radius 1 is 1.33 bits per heavy atom. The monoisotopic (exact) mass is 204 g/mol. The van der Waals surface area contributed by atoms with Crippen LogP contribution < -0.4 is 5.73 Å². The van der Waals surface area contributed by atoms with E-state index in [1.54, 1.807) is 18.3 Å². The highest BCUT2D eigenvalue weighted by Gasteiger charge is 2.11. The van der Waals surface area contributed by atoms with E-state index in [0.29, 0.717) is 16.6 Å². The number of anilines is 1. The second-order valence-corrected chi connectivity index (χ2v) is 3.92. The molecule has 0 radical (unpaired) electrons. The number of benzene rings is 1. The smallest absolute Gasteiger partial charge is 0.131 e. The van der Waals surface area contributed by atoms with E-state index in [-0.39, 0.29) is 11.7 Å². The molecule has 2 rings (SSSR count). The molecule has 0 aliphatic carbocycles. The predicted octanol–water partition coefficient (Wildman–Crippen LogP) is 3.08. The van der Waals surface area contributed by atoms with Gasteiger partial charge in [0.2, 0.25) is 0 Å². The third-order valence-corrected chi connectivity index (χ3v) is 2.54. The van der Waals surface area contributed by atoms with Gasteiger partial charge in [-0.25, -0.2) is 9.37 Å². The fourth-order valence-electron chi connectivity index (χ4n) is 1.74. The van der Waals surface area contributed by atoms with Crippen molar-refractivity contribution < 1.29 is 4.39 Å². The van der Waals surface area contributed by atoms with Crippen LogP contribution >= 0.6 is 0 Å². The molecule has 0 bridgehead atoms. The number of rotatable bonds is 1. The van der Waals surface area contributed by atoms with Crippen molar-refractivity contribution >= 4 is 16.6 Å². The number of hydrogen-bond acceptors (Lipinski definition) is 2. The van der Waals surface area contributed by atoms with Crippen molar-refractivity contribution in [3.63, 3.8) is 0 Å². The number of fused-ring (bicyclic) bond motifs is 1. The highest BCUT2D eigenvalue weighted by molar-refractivity contribution is 5.93. The van der Waals surface area contributed by atoms with Crippen LogP contribution in [0.2, 0.25) is 0 Å². The van der Waals surface area contributed by atoms with E-state index < -0.39 is 0 Å².